The van der Waals surface area contributed by atoms with Crippen LogP contribution in [0.25, 0.3) is 0 Å². The smallest absolute Gasteiger partial charge is 0.0623 e. The number of hydrogen-bond acceptors (Lipinski definition) is 3. The highest BCUT2D eigenvalue weighted by atomic mass is 16.5. The number of ether oxygens (including phenoxy) is 2. The molecule has 0 aliphatic rings. The van der Waals surface area contributed by atoms with E-state index in [-0.39, 0.29) is 17.7 Å². The molecule has 0 rings (SSSR count). The van der Waals surface area contributed by atoms with E-state index in [1.165, 1.54) is 0 Å². The third-order valence-electron chi connectivity index (χ3n) is 2.31. The predicted molar refractivity (Wildman–Crippen MR) is 59.4 cm³/mol. The fourth-order valence-electron chi connectivity index (χ4n) is 1.03. The topological polar surface area (TPSA) is 44.5 Å². The van der Waals surface area contributed by atoms with Crippen molar-refractivity contribution in [1.29, 1.82) is 0 Å². The summed E-state index contributed by atoms with van der Waals surface area (Å²) in [7, 11) is 1.73. The Bertz CT molecular complexity index is 146. The number of rotatable bonds is 7. The van der Waals surface area contributed by atoms with Gasteiger partial charge in [-0.05, 0) is 40.5 Å². The molecule has 2 N–H and O–H groups in total. The fourth-order valence-corrected chi connectivity index (χ4v) is 1.03. The Hall–Kier alpha value is -0.120. The third kappa shape index (κ3) is 7.30. The van der Waals surface area contributed by atoms with Gasteiger partial charge < -0.3 is 15.2 Å². The van der Waals surface area contributed by atoms with Crippen LogP contribution >= 0.6 is 0 Å². The van der Waals surface area contributed by atoms with Gasteiger partial charge in [0.2, 0.25) is 0 Å². The van der Waals surface area contributed by atoms with Crippen molar-refractivity contribution in [3.63, 3.8) is 0 Å². The van der Waals surface area contributed by atoms with E-state index in [1.807, 2.05) is 13.8 Å². The van der Waals surface area contributed by atoms with E-state index in [0.29, 0.717) is 6.61 Å². The zero-order chi connectivity index (χ0) is 11.2. The van der Waals surface area contributed by atoms with Crippen LogP contribution in [0.15, 0.2) is 0 Å². The van der Waals surface area contributed by atoms with E-state index in [1.54, 1.807) is 7.11 Å². The third-order valence-corrected chi connectivity index (χ3v) is 2.31. The minimum Gasteiger partial charge on any atom is -0.379 e. The van der Waals surface area contributed by atoms with Crippen LogP contribution in [-0.2, 0) is 9.47 Å². The normalized spacial score (nSPS) is 14.8. The maximum absolute atomic E-state index is 5.90. The second-order valence-corrected chi connectivity index (χ2v) is 4.64. The summed E-state index contributed by atoms with van der Waals surface area (Å²) < 4.78 is 10.8. The molecule has 0 heterocycles. The van der Waals surface area contributed by atoms with Gasteiger partial charge in [0, 0.05) is 13.2 Å². The van der Waals surface area contributed by atoms with Crippen molar-refractivity contribution in [3.05, 3.63) is 0 Å². The van der Waals surface area contributed by atoms with Crippen LogP contribution in [0.1, 0.15) is 40.5 Å². The van der Waals surface area contributed by atoms with Crippen molar-refractivity contribution in [1.82, 2.24) is 0 Å². The summed E-state index contributed by atoms with van der Waals surface area (Å²) in [6, 6.07) is 0.117. The summed E-state index contributed by atoms with van der Waals surface area (Å²) in [5, 5.41) is 0. The predicted octanol–water partition coefficient (Wildman–Crippen LogP) is 1.94. The zero-order valence-corrected chi connectivity index (χ0v) is 10.2. The molecule has 0 spiro atoms. The lowest BCUT2D eigenvalue weighted by Gasteiger charge is -2.24. The average Bonchev–Trinajstić information content (AvgIpc) is 2.11. The first-order chi connectivity index (χ1) is 6.37. The molecule has 14 heavy (non-hydrogen) atoms. The molecule has 0 fully saturated rings. The molecule has 0 saturated carbocycles. The van der Waals surface area contributed by atoms with Gasteiger partial charge in [-0.3, -0.25) is 0 Å². The van der Waals surface area contributed by atoms with Crippen LogP contribution in [0, 0.1) is 0 Å². The maximum atomic E-state index is 5.90. The number of methoxy groups -OCH3 is 1. The lowest BCUT2D eigenvalue weighted by Crippen LogP contribution is -2.32. The number of hydrogen-bond donors (Lipinski definition) is 1. The molecule has 1 unspecified atom stereocenters. The molecule has 86 valence electrons. The largest absolute Gasteiger partial charge is 0.379 e. The highest BCUT2D eigenvalue weighted by Crippen LogP contribution is 2.16. The molecule has 0 aromatic rings. The second-order valence-electron chi connectivity index (χ2n) is 4.64. The van der Waals surface area contributed by atoms with Gasteiger partial charge in [0.1, 0.15) is 0 Å². The average molecular weight is 203 g/mol. The summed E-state index contributed by atoms with van der Waals surface area (Å²) in [5.74, 6) is 0. The first kappa shape index (κ1) is 13.9. The van der Waals surface area contributed by atoms with Crippen LogP contribution in [0.4, 0.5) is 0 Å². The van der Waals surface area contributed by atoms with E-state index in [4.69, 9.17) is 15.2 Å². The second kappa shape index (κ2) is 6.38. The monoisotopic (exact) mass is 203 g/mol. The summed E-state index contributed by atoms with van der Waals surface area (Å²) in [4.78, 5) is 0. The van der Waals surface area contributed by atoms with E-state index in [2.05, 4.69) is 13.8 Å². The standard InChI is InChI=1S/C11H25NO2/c1-9(2)14-8-10(12)6-7-11(3,4)13-5/h9-10H,6-8,12H2,1-5H3. The Kier molecular flexibility index (Phi) is 6.33. The molecule has 0 saturated heterocycles. The van der Waals surface area contributed by atoms with Gasteiger partial charge in [0.05, 0.1) is 18.3 Å². The summed E-state index contributed by atoms with van der Waals surface area (Å²) in [5.41, 5.74) is 5.83. The maximum Gasteiger partial charge on any atom is 0.0623 e. The van der Waals surface area contributed by atoms with Gasteiger partial charge in [0.25, 0.3) is 0 Å². The van der Waals surface area contributed by atoms with E-state index < -0.39 is 0 Å². The van der Waals surface area contributed by atoms with Crippen molar-refractivity contribution in [2.45, 2.75) is 58.3 Å². The van der Waals surface area contributed by atoms with Crippen molar-refractivity contribution in [2.75, 3.05) is 13.7 Å². The van der Waals surface area contributed by atoms with Gasteiger partial charge in [-0.15, -0.1) is 0 Å². The van der Waals surface area contributed by atoms with E-state index in [9.17, 15) is 0 Å². The molecule has 1 atom stereocenters. The molecular weight excluding hydrogens is 178 g/mol. The minimum absolute atomic E-state index is 0.0740. The quantitative estimate of drug-likeness (QED) is 0.687. The Balaban J connectivity index is 3.58. The Labute approximate surface area is 88.0 Å². The van der Waals surface area contributed by atoms with Gasteiger partial charge in [-0.25, -0.2) is 0 Å². The molecular formula is C11H25NO2. The zero-order valence-electron chi connectivity index (χ0n) is 10.2. The Morgan fingerprint density at radius 2 is 1.86 bits per heavy atom. The Morgan fingerprint density at radius 3 is 2.29 bits per heavy atom. The van der Waals surface area contributed by atoms with Gasteiger partial charge in [-0.2, -0.15) is 0 Å². The first-order valence-corrected chi connectivity index (χ1v) is 5.29. The summed E-state index contributed by atoms with van der Waals surface area (Å²) in [6.45, 7) is 8.82. The minimum atomic E-state index is -0.0740. The van der Waals surface area contributed by atoms with Crippen molar-refractivity contribution in [2.24, 2.45) is 5.73 Å². The molecule has 0 bridgehead atoms. The van der Waals surface area contributed by atoms with Crippen molar-refractivity contribution < 1.29 is 9.47 Å². The molecule has 0 aliphatic heterocycles. The Morgan fingerprint density at radius 1 is 1.29 bits per heavy atom. The summed E-state index contributed by atoms with van der Waals surface area (Å²) >= 11 is 0. The lowest BCUT2D eigenvalue weighted by molar-refractivity contribution is 0.00731. The van der Waals surface area contributed by atoms with Gasteiger partial charge in [-0.1, -0.05) is 0 Å². The highest BCUT2D eigenvalue weighted by molar-refractivity contribution is 4.72. The van der Waals surface area contributed by atoms with Crippen LogP contribution in [-0.4, -0.2) is 31.5 Å². The molecule has 0 amide bonds. The first-order valence-electron chi connectivity index (χ1n) is 5.29. The highest BCUT2D eigenvalue weighted by Gasteiger charge is 2.17. The van der Waals surface area contributed by atoms with Crippen LogP contribution in [0.5, 0.6) is 0 Å². The molecule has 0 aromatic carbocycles. The molecule has 0 aliphatic carbocycles. The van der Waals surface area contributed by atoms with Crippen LogP contribution < -0.4 is 5.73 Å². The molecule has 3 nitrogen and oxygen atoms in total. The fraction of sp³-hybridized carbons (Fsp3) is 1.00. The van der Waals surface area contributed by atoms with Gasteiger partial charge >= 0.3 is 0 Å². The lowest BCUT2D eigenvalue weighted by atomic mass is 9.99. The summed E-state index contributed by atoms with van der Waals surface area (Å²) in [6.07, 6.45) is 2.16. The SMILES string of the molecule is COC(C)(C)CCC(N)COC(C)C. The van der Waals surface area contributed by atoms with Crippen LogP contribution in [0.3, 0.4) is 0 Å². The molecule has 0 aromatic heterocycles. The van der Waals surface area contributed by atoms with E-state index >= 15 is 0 Å². The molecule has 3 heteroatoms. The van der Waals surface area contributed by atoms with Crippen molar-refractivity contribution >= 4 is 0 Å². The number of nitrogens with two attached hydrogens (primary N) is 1. The van der Waals surface area contributed by atoms with E-state index in [0.717, 1.165) is 12.8 Å². The van der Waals surface area contributed by atoms with Crippen molar-refractivity contribution in [3.8, 4) is 0 Å². The van der Waals surface area contributed by atoms with Gasteiger partial charge in [0.15, 0.2) is 0 Å². The molecule has 0 radical (unpaired) electrons. The van der Waals surface area contributed by atoms with Crippen LogP contribution in [0.2, 0.25) is 0 Å².